The number of carbonyl (C=O) groups is 4. The third-order valence-corrected chi connectivity index (χ3v) is 7.12. The summed E-state index contributed by atoms with van der Waals surface area (Å²) in [5.41, 5.74) is 0.159. The first-order valence-corrected chi connectivity index (χ1v) is 12.0. The smallest absolute Gasteiger partial charge is 0.412 e. The maximum Gasteiger partial charge on any atom is 0.412 e. The second-order valence-corrected chi connectivity index (χ2v) is 9.44. The fraction of sp³-hybridized carbons (Fsp3) is 0.360. The van der Waals surface area contributed by atoms with Crippen molar-refractivity contribution in [3.05, 3.63) is 58.9 Å². The normalized spacial score (nSPS) is 22.1. The van der Waals surface area contributed by atoms with Crippen LogP contribution in [-0.4, -0.2) is 66.1 Å². The highest BCUT2D eigenvalue weighted by Gasteiger charge is 2.56. The number of benzene rings is 2. The van der Waals surface area contributed by atoms with E-state index < -0.39 is 67.1 Å². The molecular formula is C25H23F4N5O5. The molecule has 2 aromatic carbocycles. The number of ether oxygens (including phenoxy) is 1. The summed E-state index contributed by atoms with van der Waals surface area (Å²) in [6, 6.07) is 4.23. The van der Waals surface area contributed by atoms with Gasteiger partial charge >= 0.3 is 18.2 Å². The molecular weight excluding hydrogens is 526 g/mol. The standard InChI is InChI=1S/C25H23F4N5O5/c1-30-22(37)31-16-3-4-17-13(9-16)6-7-24(17)21(36)34(23(38)32-24)11-20(35)33-10-14-8-15(26)2-5-18(14)39-12-19(33)25(27,28)29/h2-5,8-9,19H,6-7,10-12H2,1H3,(H,32,38)(H2,30,31,37)/t19-,24?/m0/s1. The maximum absolute atomic E-state index is 13.9. The first-order chi connectivity index (χ1) is 18.4. The van der Waals surface area contributed by atoms with E-state index in [1.807, 2.05) is 0 Å². The Labute approximate surface area is 219 Å². The minimum atomic E-state index is -4.89. The van der Waals surface area contributed by atoms with Crippen molar-refractivity contribution >= 4 is 29.6 Å². The molecule has 10 nitrogen and oxygen atoms in total. The number of alkyl halides is 3. The lowest BCUT2D eigenvalue weighted by molar-refractivity contribution is -0.195. The highest BCUT2D eigenvalue weighted by molar-refractivity contribution is 6.10. The number of carbonyl (C=O) groups excluding carboxylic acids is 4. The van der Waals surface area contributed by atoms with E-state index in [-0.39, 0.29) is 17.7 Å². The largest absolute Gasteiger partial charge is 0.491 e. The summed E-state index contributed by atoms with van der Waals surface area (Å²) in [7, 11) is 1.45. The number of nitrogens with one attached hydrogen (secondary N) is 3. The van der Waals surface area contributed by atoms with Crippen molar-refractivity contribution in [1.29, 1.82) is 0 Å². The van der Waals surface area contributed by atoms with Gasteiger partial charge in [0.2, 0.25) is 5.91 Å². The van der Waals surface area contributed by atoms with Gasteiger partial charge in [0.05, 0.1) is 6.54 Å². The van der Waals surface area contributed by atoms with Gasteiger partial charge in [-0.2, -0.15) is 13.2 Å². The minimum absolute atomic E-state index is 0.00253. The molecule has 0 saturated carbocycles. The van der Waals surface area contributed by atoms with Crippen LogP contribution in [0.1, 0.15) is 23.1 Å². The van der Waals surface area contributed by atoms with Crippen molar-refractivity contribution in [3.8, 4) is 5.75 Å². The predicted octanol–water partition coefficient (Wildman–Crippen LogP) is 2.62. The van der Waals surface area contributed by atoms with Crippen LogP contribution in [0.5, 0.6) is 5.75 Å². The Balaban J connectivity index is 1.39. The quantitative estimate of drug-likeness (QED) is 0.402. The van der Waals surface area contributed by atoms with E-state index in [9.17, 15) is 36.7 Å². The average Bonchev–Trinajstić information content (AvgIpc) is 3.25. The van der Waals surface area contributed by atoms with E-state index in [2.05, 4.69) is 16.0 Å². The van der Waals surface area contributed by atoms with Gasteiger partial charge in [0.25, 0.3) is 5.91 Å². The number of aryl methyl sites for hydroxylation is 1. The number of amides is 6. The Kier molecular flexibility index (Phi) is 6.35. The Hall–Kier alpha value is -4.36. The topological polar surface area (TPSA) is 120 Å². The first kappa shape index (κ1) is 26.3. The highest BCUT2D eigenvalue weighted by Crippen LogP contribution is 2.42. The number of hydrogen-bond donors (Lipinski definition) is 3. The summed E-state index contributed by atoms with van der Waals surface area (Å²) in [4.78, 5) is 52.3. The van der Waals surface area contributed by atoms with Crippen LogP contribution >= 0.6 is 0 Å². The third-order valence-electron chi connectivity index (χ3n) is 7.12. The molecule has 3 aliphatic rings. The molecule has 6 amide bonds. The summed E-state index contributed by atoms with van der Waals surface area (Å²) >= 11 is 0. The van der Waals surface area contributed by atoms with Crippen LogP contribution in [0, 0.1) is 5.82 Å². The SMILES string of the molecule is CNC(=O)Nc1ccc2c(c1)CCC21NC(=O)N(CC(=O)N2Cc3cc(F)ccc3OC[C@H]2C(F)(F)F)C1=O. The highest BCUT2D eigenvalue weighted by atomic mass is 19.4. The molecule has 2 aromatic rings. The summed E-state index contributed by atoms with van der Waals surface area (Å²) in [5.74, 6) is -2.64. The van der Waals surface area contributed by atoms with Crippen molar-refractivity contribution in [1.82, 2.24) is 20.4 Å². The van der Waals surface area contributed by atoms with Crippen LogP contribution in [0.25, 0.3) is 0 Å². The molecule has 1 unspecified atom stereocenters. The van der Waals surface area contributed by atoms with E-state index in [0.29, 0.717) is 33.0 Å². The Bertz CT molecular complexity index is 1380. The van der Waals surface area contributed by atoms with Crippen molar-refractivity contribution < 1.29 is 41.5 Å². The fourth-order valence-corrected chi connectivity index (χ4v) is 5.19. The molecule has 39 heavy (non-hydrogen) atoms. The number of nitrogens with zero attached hydrogens (tertiary/aromatic N) is 2. The van der Waals surface area contributed by atoms with Gasteiger partial charge in [0.15, 0.2) is 6.04 Å². The molecule has 14 heteroatoms. The zero-order valence-corrected chi connectivity index (χ0v) is 20.5. The number of rotatable bonds is 3. The van der Waals surface area contributed by atoms with Crippen molar-refractivity contribution in [2.75, 3.05) is 25.5 Å². The number of anilines is 1. The van der Waals surface area contributed by atoms with Gasteiger partial charge in [-0.15, -0.1) is 0 Å². The lowest BCUT2D eigenvalue weighted by Crippen LogP contribution is -2.53. The van der Waals surface area contributed by atoms with Crippen LogP contribution in [0.3, 0.4) is 0 Å². The third kappa shape index (κ3) is 4.59. The van der Waals surface area contributed by atoms with Crippen LogP contribution in [0.4, 0.5) is 32.8 Å². The fourth-order valence-electron chi connectivity index (χ4n) is 5.19. The van der Waals surface area contributed by atoms with E-state index in [1.54, 1.807) is 18.2 Å². The van der Waals surface area contributed by atoms with Crippen molar-refractivity contribution in [3.63, 3.8) is 0 Å². The summed E-state index contributed by atoms with van der Waals surface area (Å²) in [6.07, 6.45) is -4.36. The summed E-state index contributed by atoms with van der Waals surface area (Å²) in [6.45, 7) is -2.51. The van der Waals surface area contributed by atoms with Crippen LogP contribution in [0.15, 0.2) is 36.4 Å². The number of fused-ring (bicyclic) bond motifs is 3. The van der Waals surface area contributed by atoms with Gasteiger partial charge in [-0.1, -0.05) is 6.07 Å². The molecule has 1 spiro atoms. The Morgan fingerprint density at radius 3 is 2.64 bits per heavy atom. The van der Waals surface area contributed by atoms with E-state index >= 15 is 0 Å². The zero-order valence-electron chi connectivity index (χ0n) is 20.5. The van der Waals surface area contributed by atoms with Crippen molar-refractivity contribution in [2.45, 2.75) is 37.1 Å². The van der Waals surface area contributed by atoms with Gasteiger partial charge in [0, 0.05) is 18.3 Å². The molecule has 0 bridgehead atoms. The van der Waals surface area contributed by atoms with Gasteiger partial charge in [0.1, 0.15) is 30.3 Å². The van der Waals surface area contributed by atoms with Crippen LogP contribution in [-0.2, 0) is 28.1 Å². The van der Waals surface area contributed by atoms with Crippen molar-refractivity contribution in [2.24, 2.45) is 0 Å². The Morgan fingerprint density at radius 1 is 1.15 bits per heavy atom. The van der Waals surface area contributed by atoms with E-state index in [4.69, 9.17) is 4.74 Å². The van der Waals surface area contributed by atoms with Gasteiger partial charge in [-0.05, 0) is 54.3 Å². The average molecular weight is 549 g/mol. The number of hydrogen-bond acceptors (Lipinski definition) is 5. The Morgan fingerprint density at radius 2 is 1.92 bits per heavy atom. The zero-order chi connectivity index (χ0) is 28.1. The van der Waals surface area contributed by atoms with Gasteiger partial charge in [-0.25, -0.2) is 14.0 Å². The molecule has 0 aromatic heterocycles. The van der Waals surface area contributed by atoms with E-state index in [1.165, 1.54) is 13.1 Å². The first-order valence-electron chi connectivity index (χ1n) is 12.0. The molecule has 2 heterocycles. The number of imide groups is 1. The molecule has 2 aliphatic heterocycles. The van der Waals surface area contributed by atoms with Gasteiger partial charge in [-0.3, -0.25) is 14.5 Å². The lowest BCUT2D eigenvalue weighted by atomic mass is 9.91. The monoisotopic (exact) mass is 549 g/mol. The van der Waals surface area contributed by atoms with Gasteiger partial charge < -0.3 is 25.6 Å². The molecule has 3 N–H and O–H groups in total. The molecule has 1 aliphatic carbocycles. The number of urea groups is 2. The molecule has 5 rings (SSSR count). The van der Waals surface area contributed by atoms with Crippen LogP contribution < -0.4 is 20.7 Å². The van der Waals surface area contributed by atoms with Crippen LogP contribution in [0.2, 0.25) is 0 Å². The second-order valence-electron chi connectivity index (χ2n) is 9.44. The predicted molar refractivity (Wildman–Crippen MR) is 127 cm³/mol. The summed E-state index contributed by atoms with van der Waals surface area (Å²) < 4.78 is 60.7. The second kappa shape index (κ2) is 9.43. The minimum Gasteiger partial charge on any atom is -0.491 e. The molecule has 1 saturated heterocycles. The molecule has 206 valence electrons. The summed E-state index contributed by atoms with van der Waals surface area (Å²) in [5, 5.41) is 7.65. The molecule has 1 fully saturated rings. The molecule has 2 atom stereocenters. The maximum atomic E-state index is 13.9. The lowest BCUT2D eigenvalue weighted by Gasteiger charge is -2.31. The number of halogens is 4. The van der Waals surface area contributed by atoms with E-state index in [0.717, 1.165) is 12.1 Å². The molecule has 0 radical (unpaired) electrons.